The second-order valence-electron chi connectivity index (χ2n) is 4.94. The molecule has 0 aromatic rings. The quantitative estimate of drug-likeness (QED) is 0.715. The molecule has 0 radical (unpaired) electrons. The SMILES string of the molecule is CCCN(CC(=O)O)C(=O)CCC1CCNCC1. The first-order valence-corrected chi connectivity index (χ1v) is 6.83. The molecule has 5 heteroatoms. The third-order valence-corrected chi connectivity index (χ3v) is 3.40. The van der Waals surface area contributed by atoms with E-state index in [0.29, 0.717) is 18.9 Å². The Hall–Kier alpha value is -1.10. The van der Waals surface area contributed by atoms with Crippen molar-refractivity contribution >= 4 is 11.9 Å². The van der Waals surface area contributed by atoms with Gasteiger partial charge in [-0.05, 0) is 44.7 Å². The second kappa shape index (κ2) is 8.08. The van der Waals surface area contributed by atoms with E-state index in [-0.39, 0.29) is 12.5 Å². The summed E-state index contributed by atoms with van der Waals surface area (Å²) in [5.41, 5.74) is 0. The molecule has 18 heavy (non-hydrogen) atoms. The Labute approximate surface area is 109 Å². The summed E-state index contributed by atoms with van der Waals surface area (Å²) in [6, 6.07) is 0. The zero-order chi connectivity index (χ0) is 13.4. The molecule has 1 aliphatic heterocycles. The lowest BCUT2D eigenvalue weighted by Gasteiger charge is -2.24. The topological polar surface area (TPSA) is 69.6 Å². The van der Waals surface area contributed by atoms with Gasteiger partial charge < -0.3 is 15.3 Å². The summed E-state index contributed by atoms with van der Waals surface area (Å²) in [4.78, 5) is 24.1. The standard InChI is InChI=1S/C13H24N2O3/c1-2-9-15(10-13(17)18)12(16)4-3-11-5-7-14-8-6-11/h11,14H,2-10H2,1H3,(H,17,18). The van der Waals surface area contributed by atoms with E-state index >= 15 is 0 Å². The number of hydrogen-bond acceptors (Lipinski definition) is 3. The first kappa shape index (κ1) is 15.0. The predicted molar refractivity (Wildman–Crippen MR) is 69.3 cm³/mol. The van der Waals surface area contributed by atoms with E-state index in [2.05, 4.69) is 5.32 Å². The van der Waals surface area contributed by atoms with Crippen LogP contribution in [0.2, 0.25) is 0 Å². The largest absolute Gasteiger partial charge is 0.480 e. The van der Waals surface area contributed by atoms with Crippen LogP contribution in [-0.4, -0.2) is 48.1 Å². The molecule has 1 amide bonds. The zero-order valence-corrected chi connectivity index (χ0v) is 11.2. The van der Waals surface area contributed by atoms with E-state index in [9.17, 15) is 9.59 Å². The zero-order valence-electron chi connectivity index (χ0n) is 11.2. The van der Waals surface area contributed by atoms with E-state index in [4.69, 9.17) is 5.11 Å². The number of nitrogens with one attached hydrogen (secondary N) is 1. The van der Waals surface area contributed by atoms with E-state index < -0.39 is 5.97 Å². The Kier molecular flexibility index (Phi) is 6.72. The Bertz CT molecular complexity index is 275. The molecule has 104 valence electrons. The van der Waals surface area contributed by atoms with Crippen LogP contribution < -0.4 is 5.32 Å². The van der Waals surface area contributed by atoms with Gasteiger partial charge in [-0.1, -0.05) is 6.92 Å². The number of carboxylic acids is 1. The lowest BCUT2D eigenvalue weighted by atomic mass is 9.93. The molecule has 0 aromatic carbocycles. The van der Waals surface area contributed by atoms with Gasteiger partial charge in [0.2, 0.25) is 5.91 Å². The van der Waals surface area contributed by atoms with Crippen molar-refractivity contribution in [2.45, 2.75) is 39.0 Å². The monoisotopic (exact) mass is 256 g/mol. The highest BCUT2D eigenvalue weighted by atomic mass is 16.4. The van der Waals surface area contributed by atoms with Crippen molar-refractivity contribution in [3.63, 3.8) is 0 Å². The highest BCUT2D eigenvalue weighted by Gasteiger charge is 2.19. The van der Waals surface area contributed by atoms with Crippen molar-refractivity contribution < 1.29 is 14.7 Å². The molecule has 1 aliphatic rings. The van der Waals surface area contributed by atoms with Gasteiger partial charge in [0.25, 0.3) is 0 Å². The molecule has 0 atom stereocenters. The predicted octanol–water partition coefficient (Wildman–Crippen LogP) is 1.09. The molecule has 0 aromatic heterocycles. The minimum absolute atomic E-state index is 0.0159. The average Bonchev–Trinajstić information content (AvgIpc) is 2.36. The Morgan fingerprint density at radius 3 is 2.56 bits per heavy atom. The summed E-state index contributed by atoms with van der Waals surface area (Å²) < 4.78 is 0. The number of nitrogens with zero attached hydrogens (tertiary/aromatic N) is 1. The van der Waals surface area contributed by atoms with Gasteiger partial charge in [-0.3, -0.25) is 9.59 Å². The maximum atomic E-state index is 12.0. The number of carboxylic acid groups (broad SMARTS) is 1. The molecular weight excluding hydrogens is 232 g/mol. The molecule has 5 nitrogen and oxygen atoms in total. The molecule has 0 aliphatic carbocycles. The minimum Gasteiger partial charge on any atom is -0.480 e. The van der Waals surface area contributed by atoms with Crippen molar-refractivity contribution in [3.8, 4) is 0 Å². The van der Waals surface area contributed by atoms with Crippen LogP contribution >= 0.6 is 0 Å². The summed E-state index contributed by atoms with van der Waals surface area (Å²) in [7, 11) is 0. The van der Waals surface area contributed by atoms with Crippen LogP contribution in [0, 0.1) is 5.92 Å². The molecule has 0 bridgehead atoms. The number of rotatable bonds is 7. The summed E-state index contributed by atoms with van der Waals surface area (Å²) in [5, 5.41) is 12.1. The fourth-order valence-electron chi connectivity index (χ4n) is 2.38. The Morgan fingerprint density at radius 1 is 1.33 bits per heavy atom. The van der Waals surface area contributed by atoms with Crippen LogP contribution in [0.15, 0.2) is 0 Å². The minimum atomic E-state index is -0.932. The van der Waals surface area contributed by atoms with Crippen LogP contribution in [-0.2, 0) is 9.59 Å². The van der Waals surface area contributed by atoms with Gasteiger partial charge in [-0.15, -0.1) is 0 Å². The normalized spacial score (nSPS) is 16.5. The maximum Gasteiger partial charge on any atom is 0.323 e. The first-order valence-electron chi connectivity index (χ1n) is 6.83. The smallest absolute Gasteiger partial charge is 0.323 e. The molecule has 0 spiro atoms. The van der Waals surface area contributed by atoms with Crippen molar-refractivity contribution in [1.82, 2.24) is 10.2 Å². The molecule has 1 saturated heterocycles. The van der Waals surface area contributed by atoms with Crippen molar-refractivity contribution in [3.05, 3.63) is 0 Å². The van der Waals surface area contributed by atoms with Crippen LogP contribution in [0.25, 0.3) is 0 Å². The third-order valence-electron chi connectivity index (χ3n) is 3.40. The number of hydrogen-bond donors (Lipinski definition) is 2. The lowest BCUT2D eigenvalue weighted by molar-refractivity contribution is -0.144. The molecule has 1 fully saturated rings. The number of piperidine rings is 1. The van der Waals surface area contributed by atoms with Gasteiger partial charge in [0.1, 0.15) is 6.54 Å². The Morgan fingerprint density at radius 2 is 2.00 bits per heavy atom. The Balaban J connectivity index is 2.32. The molecular formula is C13H24N2O3. The lowest BCUT2D eigenvalue weighted by Crippen LogP contribution is -2.36. The van der Waals surface area contributed by atoms with Crippen molar-refractivity contribution in [2.75, 3.05) is 26.2 Å². The van der Waals surface area contributed by atoms with E-state index in [1.807, 2.05) is 6.92 Å². The van der Waals surface area contributed by atoms with Gasteiger partial charge in [0.15, 0.2) is 0 Å². The number of carbonyl (C=O) groups excluding carboxylic acids is 1. The summed E-state index contributed by atoms with van der Waals surface area (Å²) >= 11 is 0. The number of amides is 1. The van der Waals surface area contributed by atoms with Crippen LogP contribution in [0.1, 0.15) is 39.0 Å². The number of carbonyl (C=O) groups is 2. The highest BCUT2D eigenvalue weighted by Crippen LogP contribution is 2.18. The average molecular weight is 256 g/mol. The first-order chi connectivity index (χ1) is 8.63. The van der Waals surface area contributed by atoms with Crippen molar-refractivity contribution in [2.24, 2.45) is 5.92 Å². The highest BCUT2D eigenvalue weighted by molar-refractivity contribution is 5.81. The van der Waals surface area contributed by atoms with Crippen LogP contribution in [0.3, 0.4) is 0 Å². The van der Waals surface area contributed by atoms with E-state index in [0.717, 1.165) is 38.8 Å². The summed E-state index contributed by atoms with van der Waals surface area (Å²) in [6.07, 6.45) is 4.42. The summed E-state index contributed by atoms with van der Waals surface area (Å²) in [6.45, 7) is 4.39. The molecule has 0 saturated carbocycles. The van der Waals surface area contributed by atoms with Gasteiger partial charge in [0.05, 0.1) is 0 Å². The molecule has 1 heterocycles. The maximum absolute atomic E-state index is 12.0. The molecule has 0 unspecified atom stereocenters. The van der Waals surface area contributed by atoms with Gasteiger partial charge in [-0.25, -0.2) is 0 Å². The van der Waals surface area contributed by atoms with E-state index in [1.165, 1.54) is 4.90 Å². The van der Waals surface area contributed by atoms with Crippen LogP contribution in [0.5, 0.6) is 0 Å². The fourth-order valence-corrected chi connectivity index (χ4v) is 2.38. The van der Waals surface area contributed by atoms with Gasteiger partial charge >= 0.3 is 5.97 Å². The fraction of sp³-hybridized carbons (Fsp3) is 0.846. The molecule has 1 rings (SSSR count). The van der Waals surface area contributed by atoms with Crippen molar-refractivity contribution in [1.29, 1.82) is 0 Å². The molecule has 2 N–H and O–H groups in total. The van der Waals surface area contributed by atoms with E-state index in [1.54, 1.807) is 0 Å². The third kappa shape index (κ3) is 5.49. The number of aliphatic carboxylic acids is 1. The van der Waals surface area contributed by atoms with Gasteiger partial charge in [-0.2, -0.15) is 0 Å². The van der Waals surface area contributed by atoms with Crippen LogP contribution in [0.4, 0.5) is 0 Å². The van der Waals surface area contributed by atoms with Gasteiger partial charge in [0, 0.05) is 13.0 Å². The summed E-state index contributed by atoms with van der Waals surface area (Å²) in [5.74, 6) is -0.333. The second-order valence-corrected chi connectivity index (χ2v) is 4.94.